The lowest BCUT2D eigenvalue weighted by Gasteiger charge is -2.16. The van der Waals surface area contributed by atoms with Gasteiger partial charge in [0, 0.05) is 49.1 Å². The van der Waals surface area contributed by atoms with Crippen LogP contribution in [-0.2, 0) is 0 Å². The normalized spacial score (nSPS) is 16.3. The highest BCUT2D eigenvalue weighted by Crippen LogP contribution is 2.33. The first-order valence-electron chi connectivity index (χ1n) is 12.9. The van der Waals surface area contributed by atoms with Gasteiger partial charge in [-0.05, 0) is 54.0 Å². The van der Waals surface area contributed by atoms with E-state index in [-0.39, 0.29) is 18.5 Å². The van der Waals surface area contributed by atoms with Crippen molar-refractivity contribution in [1.29, 1.82) is 0 Å². The van der Waals surface area contributed by atoms with Crippen LogP contribution in [0.2, 0.25) is 0 Å². The number of benzene rings is 1. The number of alkyl halides is 2. The maximum absolute atomic E-state index is 15.3. The number of hydrogen-bond donors (Lipinski definition) is 2. The Balaban J connectivity index is 1.38. The van der Waals surface area contributed by atoms with Crippen molar-refractivity contribution in [3.8, 4) is 22.8 Å². The topological polar surface area (TPSA) is 86.4 Å². The molecule has 10 heteroatoms. The molecule has 0 saturated carbocycles. The summed E-state index contributed by atoms with van der Waals surface area (Å²) in [6, 6.07) is 8.83. The van der Waals surface area contributed by atoms with E-state index in [0.29, 0.717) is 46.8 Å². The van der Waals surface area contributed by atoms with E-state index in [2.05, 4.69) is 31.7 Å². The second-order valence-corrected chi connectivity index (χ2v) is 9.81. The van der Waals surface area contributed by atoms with Gasteiger partial charge in [-0.3, -0.25) is 20.0 Å². The quantitative estimate of drug-likeness (QED) is 0.228. The number of nitrogens with one attached hydrogen (secondary N) is 2. The Hall–Kier alpha value is -4.57. The van der Waals surface area contributed by atoms with Crippen LogP contribution in [0.25, 0.3) is 50.3 Å². The van der Waals surface area contributed by atoms with Crippen molar-refractivity contribution < 1.29 is 13.2 Å². The van der Waals surface area contributed by atoms with E-state index in [1.54, 1.807) is 29.6 Å². The molecule has 0 unspecified atom stereocenters. The monoisotopic (exact) mass is 541 g/mol. The minimum absolute atomic E-state index is 0.152. The zero-order valence-electron chi connectivity index (χ0n) is 21.8. The fourth-order valence-electron chi connectivity index (χ4n) is 5.10. The molecule has 1 fully saturated rings. The number of imidazole rings is 1. The van der Waals surface area contributed by atoms with Crippen LogP contribution < -0.4 is 0 Å². The molecule has 6 rings (SSSR count). The van der Waals surface area contributed by atoms with E-state index >= 15 is 4.39 Å². The molecule has 5 aromatic rings. The summed E-state index contributed by atoms with van der Waals surface area (Å²) in [5.41, 5.74) is 5.88. The fraction of sp³-hybridized carbons (Fsp3) is 0.200. The number of pyridine rings is 2. The lowest BCUT2D eigenvalue weighted by molar-refractivity contribution is 0.0131. The van der Waals surface area contributed by atoms with Crippen LogP contribution in [-0.4, -0.2) is 60.6 Å². The molecule has 5 heterocycles. The van der Waals surface area contributed by atoms with Crippen LogP contribution in [0.4, 0.5) is 13.2 Å². The molecule has 0 atom stereocenters. The summed E-state index contributed by atoms with van der Waals surface area (Å²) in [6.07, 6.45) is 10.3. The molecule has 1 aromatic carbocycles. The third-order valence-electron chi connectivity index (χ3n) is 7.11. The molecule has 40 heavy (non-hydrogen) atoms. The Morgan fingerprint density at radius 1 is 1.15 bits per heavy atom. The number of fused-ring (bicyclic) bond motifs is 2. The molecule has 0 spiro atoms. The predicted octanol–water partition coefficient (Wildman–Crippen LogP) is 6.56. The summed E-state index contributed by atoms with van der Waals surface area (Å²) in [6.45, 7) is 6.09. The van der Waals surface area contributed by atoms with Crippen molar-refractivity contribution in [2.24, 2.45) is 0 Å². The van der Waals surface area contributed by atoms with Gasteiger partial charge in [-0.25, -0.2) is 18.2 Å². The summed E-state index contributed by atoms with van der Waals surface area (Å²) in [4.78, 5) is 18.4. The van der Waals surface area contributed by atoms with Crippen molar-refractivity contribution in [1.82, 2.24) is 35.0 Å². The smallest absolute Gasteiger partial charge is 0.261 e. The molecule has 0 aliphatic carbocycles. The molecule has 1 aliphatic heterocycles. The summed E-state index contributed by atoms with van der Waals surface area (Å²) in [5.74, 6) is -2.66. The minimum atomic E-state index is -2.67. The van der Waals surface area contributed by atoms with Gasteiger partial charge in [0.05, 0.1) is 17.8 Å². The van der Waals surface area contributed by atoms with Crippen molar-refractivity contribution in [2.45, 2.75) is 19.3 Å². The second kappa shape index (κ2) is 10.2. The number of halogens is 3. The van der Waals surface area contributed by atoms with Gasteiger partial charge in [-0.15, -0.1) is 0 Å². The van der Waals surface area contributed by atoms with Gasteiger partial charge >= 0.3 is 0 Å². The Labute approximate surface area is 228 Å². The Morgan fingerprint density at radius 3 is 2.70 bits per heavy atom. The van der Waals surface area contributed by atoms with Gasteiger partial charge in [0.15, 0.2) is 11.6 Å². The summed E-state index contributed by atoms with van der Waals surface area (Å²) in [5, 5.41) is 7.71. The Kier molecular flexibility index (Phi) is 6.55. The maximum Gasteiger partial charge on any atom is 0.261 e. The average molecular weight is 542 g/mol. The molecule has 202 valence electrons. The zero-order chi connectivity index (χ0) is 27.9. The molecule has 7 nitrogen and oxygen atoms in total. The predicted molar refractivity (Wildman–Crippen MR) is 150 cm³/mol. The first kappa shape index (κ1) is 25.7. The molecule has 4 aromatic heterocycles. The van der Waals surface area contributed by atoms with Crippen LogP contribution in [0.3, 0.4) is 0 Å². The number of rotatable bonds is 7. The Morgan fingerprint density at radius 2 is 1.98 bits per heavy atom. The van der Waals surface area contributed by atoms with Crippen LogP contribution >= 0.6 is 0 Å². The Bertz CT molecular complexity index is 1780. The molecule has 0 bridgehead atoms. The first-order chi connectivity index (χ1) is 19.3. The van der Waals surface area contributed by atoms with Gasteiger partial charge in [-0.2, -0.15) is 5.10 Å². The molecular formula is C30H26F3N7. The van der Waals surface area contributed by atoms with Crippen LogP contribution in [0.5, 0.6) is 0 Å². The molecular weight excluding hydrogens is 515 g/mol. The number of aromatic nitrogens is 6. The summed E-state index contributed by atoms with van der Waals surface area (Å²) < 4.78 is 42.7. The zero-order valence-corrected chi connectivity index (χ0v) is 21.8. The van der Waals surface area contributed by atoms with E-state index in [1.807, 2.05) is 43.3 Å². The van der Waals surface area contributed by atoms with E-state index in [9.17, 15) is 8.78 Å². The highest BCUT2D eigenvalue weighted by atomic mass is 19.3. The molecule has 0 radical (unpaired) electrons. The van der Waals surface area contributed by atoms with Gasteiger partial charge in [0.1, 0.15) is 16.7 Å². The molecule has 0 amide bonds. The number of likely N-dealkylation sites (tertiary alicyclic amines) is 1. The van der Waals surface area contributed by atoms with E-state index < -0.39 is 11.7 Å². The minimum Gasteiger partial charge on any atom is -0.337 e. The number of aromatic amines is 2. The standard InChI is InChI=1S/C30H26F3N7/c1-3-18(16-40-12-8-30(32,33)17-40)13-19(4-2)21-14-22-26(23(31)15-21)38-39-27(22)29-36-24-7-11-35-25(28(24)37-29)20-5-9-34-10-6-20/h3-7,9-11,13-15H,1,8,12,16-17H2,2H3,(H,36,37)(H,38,39)/b18-13+,19-4+. The van der Waals surface area contributed by atoms with Gasteiger partial charge in [0.2, 0.25) is 0 Å². The fourth-order valence-corrected chi connectivity index (χ4v) is 5.10. The maximum atomic E-state index is 15.3. The van der Waals surface area contributed by atoms with Crippen molar-refractivity contribution in [3.05, 3.63) is 90.7 Å². The number of allylic oxidation sites excluding steroid dienone is 3. The van der Waals surface area contributed by atoms with Crippen LogP contribution in [0.15, 0.2) is 79.3 Å². The van der Waals surface area contributed by atoms with Crippen LogP contribution in [0.1, 0.15) is 18.9 Å². The van der Waals surface area contributed by atoms with Crippen molar-refractivity contribution in [3.63, 3.8) is 0 Å². The SMILES string of the molecule is C=C/C(=C\C(=C/C)c1cc(F)c2n[nH]c(-c3nc4c(-c5ccncc5)nccc4[nH]3)c2c1)CN1CCC(F)(F)C1. The van der Waals surface area contributed by atoms with Crippen molar-refractivity contribution >= 4 is 27.5 Å². The summed E-state index contributed by atoms with van der Waals surface area (Å²) >= 11 is 0. The molecule has 1 aliphatic rings. The van der Waals surface area contributed by atoms with E-state index in [0.717, 1.165) is 22.2 Å². The number of H-pyrrole nitrogens is 2. The largest absolute Gasteiger partial charge is 0.337 e. The highest BCUT2D eigenvalue weighted by molar-refractivity contribution is 5.97. The van der Waals surface area contributed by atoms with Crippen LogP contribution in [0, 0.1) is 5.82 Å². The van der Waals surface area contributed by atoms with Gasteiger partial charge in [0.25, 0.3) is 5.92 Å². The van der Waals surface area contributed by atoms with Gasteiger partial charge < -0.3 is 4.98 Å². The lowest BCUT2D eigenvalue weighted by atomic mass is 9.99. The van der Waals surface area contributed by atoms with Crippen molar-refractivity contribution in [2.75, 3.05) is 19.6 Å². The van der Waals surface area contributed by atoms with E-state index in [4.69, 9.17) is 4.98 Å². The average Bonchev–Trinajstić information content (AvgIpc) is 3.67. The number of nitrogens with zero attached hydrogens (tertiary/aromatic N) is 5. The third kappa shape index (κ3) is 4.82. The third-order valence-corrected chi connectivity index (χ3v) is 7.11. The highest BCUT2D eigenvalue weighted by Gasteiger charge is 2.38. The number of hydrogen-bond acceptors (Lipinski definition) is 5. The summed E-state index contributed by atoms with van der Waals surface area (Å²) in [7, 11) is 0. The molecule has 1 saturated heterocycles. The van der Waals surface area contributed by atoms with Gasteiger partial charge in [-0.1, -0.05) is 24.8 Å². The second-order valence-electron chi connectivity index (χ2n) is 9.81. The first-order valence-corrected chi connectivity index (χ1v) is 12.9. The molecule has 2 N–H and O–H groups in total. The van der Waals surface area contributed by atoms with E-state index in [1.165, 1.54) is 6.07 Å². The lowest BCUT2D eigenvalue weighted by Crippen LogP contribution is -2.26.